The summed E-state index contributed by atoms with van der Waals surface area (Å²) in [5, 5.41) is 13.2. The van der Waals surface area contributed by atoms with E-state index in [4.69, 9.17) is 4.74 Å². The third-order valence-corrected chi connectivity index (χ3v) is 11.0. The Morgan fingerprint density at radius 3 is 2.62 bits per heavy atom. The smallest absolute Gasteiger partial charge is 0.312 e. The quantitative estimate of drug-likeness (QED) is 0.468. The van der Waals surface area contributed by atoms with Gasteiger partial charge in [-0.1, -0.05) is 25.1 Å². The van der Waals surface area contributed by atoms with E-state index >= 15 is 0 Å². The molecule has 5 aliphatic rings. The van der Waals surface area contributed by atoms with Gasteiger partial charge < -0.3 is 10.1 Å². The van der Waals surface area contributed by atoms with Crippen LogP contribution in [0.5, 0.6) is 0 Å². The summed E-state index contributed by atoms with van der Waals surface area (Å²) in [7, 11) is 0. The molecule has 7 rings (SSSR count). The van der Waals surface area contributed by atoms with E-state index in [9.17, 15) is 14.9 Å². The van der Waals surface area contributed by atoms with Crippen molar-refractivity contribution in [2.24, 2.45) is 23.2 Å². The van der Waals surface area contributed by atoms with E-state index in [1.165, 1.54) is 39.3 Å². The van der Waals surface area contributed by atoms with E-state index in [0.717, 1.165) is 56.9 Å². The zero-order valence-corrected chi connectivity index (χ0v) is 22.9. The first-order valence-electron chi connectivity index (χ1n) is 13.8. The van der Waals surface area contributed by atoms with Crippen LogP contribution in [-0.4, -0.2) is 18.5 Å². The summed E-state index contributed by atoms with van der Waals surface area (Å²) in [4.78, 5) is 27.7. The monoisotopic (exact) mass is 516 g/mol. The molecule has 0 aliphatic heterocycles. The molecule has 4 saturated carbocycles. The highest BCUT2D eigenvalue weighted by molar-refractivity contribution is 7.16. The number of nitrogens with one attached hydrogen (secondary N) is 1. The topological polar surface area (TPSA) is 79.2 Å². The molecule has 0 unspecified atom stereocenters. The van der Waals surface area contributed by atoms with Crippen molar-refractivity contribution in [2.75, 3.05) is 11.9 Å². The second kappa shape index (κ2) is 8.98. The van der Waals surface area contributed by atoms with Gasteiger partial charge in [0, 0.05) is 4.88 Å². The lowest BCUT2D eigenvalue weighted by molar-refractivity contribution is -0.175. The first kappa shape index (κ1) is 24.7. The Morgan fingerprint density at radius 2 is 1.92 bits per heavy atom. The predicted octanol–water partition coefficient (Wildman–Crippen LogP) is 6.38. The molecule has 4 bridgehead atoms. The number of esters is 1. The van der Waals surface area contributed by atoms with Crippen LogP contribution in [0.1, 0.15) is 84.6 Å². The fraction of sp³-hybridized carbons (Fsp3) is 0.581. The summed E-state index contributed by atoms with van der Waals surface area (Å²) < 4.78 is 5.75. The molecule has 6 heteroatoms. The minimum Gasteiger partial charge on any atom is -0.455 e. The molecule has 0 spiro atoms. The Morgan fingerprint density at radius 1 is 1.16 bits per heavy atom. The number of nitriles is 1. The number of fused-ring (bicyclic) bond motifs is 1. The molecule has 5 aliphatic carbocycles. The zero-order valence-electron chi connectivity index (χ0n) is 22.1. The average Bonchev–Trinajstić information content (AvgIpc) is 3.19. The molecular weight excluding hydrogens is 480 g/mol. The molecule has 5 nitrogen and oxygen atoms in total. The Labute approximate surface area is 223 Å². The largest absolute Gasteiger partial charge is 0.455 e. The van der Waals surface area contributed by atoms with Crippen LogP contribution in [0.4, 0.5) is 5.00 Å². The summed E-state index contributed by atoms with van der Waals surface area (Å²) in [6.45, 7) is 6.25. The summed E-state index contributed by atoms with van der Waals surface area (Å²) in [6.07, 6.45) is 9.00. The number of hydrogen-bond donors (Lipinski definition) is 1. The van der Waals surface area contributed by atoms with Crippen LogP contribution in [0.2, 0.25) is 0 Å². The van der Waals surface area contributed by atoms with E-state index in [1.54, 1.807) is 0 Å². The Hall–Kier alpha value is -2.65. The van der Waals surface area contributed by atoms with Crippen LogP contribution in [0.3, 0.4) is 0 Å². The van der Waals surface area contributed by atoms with Crippen LogP contribution in [0.15, 0.2) is 18.2 Å². The van der Waals surface area contributed by atoms with Crippen molar-refractivity contribution in [1.82, 2.24) is 0 Å². The van der Waals surface area contributed by atoms with Crippen LogP contribution in [-0.2, 0) is 32.6 Å². The van der Waals surface area contributed by atoms with Crippen LogP contribution in [0, 0.1) is 48.3 Å². The van der Waals surface area contributed by atoms with Crippen LogP contribution < -0.4 is 5.32 Å². The maximum atomic E-state index is 13.6. The second-order valence-corrected chi connectivity index (χ2v) is 13.7. The summed E-state index contributed by atoms with van der Waals surface area (Å²) >= 11 is 1.50. The third kappa shape index (κ3) is 4.20. The van der Waals surface area contributed by atoms with Gasteiger partial charge >= 0.3 is 5.97 Å². The lowest BCUT2D eigenvalue weighted by Crippen LogP contribution is -2.57. The first-order chi connectivity index (χ1) is 17.7. The fourth-order valence-corrected chi connectivity index (χ4v) is 9.69. The summed E-state index contributed by atoms with van der Waals surface area (Å²) in [6, 6.07) is 9.12. The van der Waals surface area contributed by atoms with Gasteiger partial charge in [-0.25, -0.2) is 0 Å². The van der Waals surface area contributed by atoms with Gasteiger partial charge in [-0.3, -0.25) is 9.59 Å². The predicted molar refractivity (Wildman–Crippen MR) is 145 cm³/mol. The van der Waals surface area contributed by atoms with Crippen LogP contribution in [0.25, 0.3) is 0 Å². The lowest BCUT2D eigenvalue weighted by atomic mass is 9.43. The molecule has 194 valence electrons. The van der Waals surface area contributed by atoms with Gasteiger partial charge in [-0.2, -0.15) is 5.26 Å². The SMILES string of the molecule is Cc1ccc(C23C[C@H]4C[C@@H](CC(C(=O)OCC(=O)Nc5sc6c(c5C#N)CC[C@H](C)C6)(C4)C2)C3)cc1C. The van der Waals surface area contributed by atoms with Gasteiger partial charge in [-0.15, -0.1) is 11.3 Å². The van der Waals surface area contributed by atoms with E-state index in [2.05, 4.69) is 50.4 Å². The first-order valence-corrected chi connectivity index (χ1v) is 14.6. The number of thiophene rings is 1. The maximum Gasteiger partial charge on any atom is 0.312 e. The number of amides is 1. The highest BCUT2D eigenvalue weighted by Gasteiger charge is 2.61. The van der Waals surface area contributed by atoms with Crippen molar-refractivity contribution in [3.05, 3.63) is 50.9 Å². The molecule has 3 atom stereocenters. The van der Waals surface area contributed by atoms with Crippen molar-refractivity contribution in [2.45, 2.75) is 84.0 Å². The number of aryl methyl sites for hydroxylation is 2. The third-order valence-electron chi connectivity index (χ3n) is 9.82. The minimum atomic E-state index is -0.487. The number of anilines is 1. The molecule has 0 saturated heterocycles. The molecule has 1 N–H and O–H groups in total. The minimum absolute atomic E-state index is 0.0404. The molecule has 1 amide bonds. The molecule has 1 heterocycles. The van der Waals surface area contributed by atoms with Gasteiger partial charge in [0.05, 0.1) is 11.0 Å². The summed E-state index contributed by atoms with van der Waals surface area (Å²) in [5.74, 6) is 1.12. The van der Waals surface area contributed by atoms with Crippen LogP contribution >= 0.6 is 11.3 Å². The van der Waals surface area contributed by atoms with Crippen molar-refractivity contribution >= 4 is 28.2 Å². The van der Waals surface area contributed by atoms with Crippen molar-refractivity contribution in [1.29, 1.82) is 5.26 Å². The highest BCUT2D eigenvalue weighted by atomic mass is 32.1. The number of ether oxygens (including phenoxy) is 1. The Balaban J connectivity index is 1.16. The zero-order chi connectivity index (χ0) is 25.9. The van der Waals surface area contributed by atoms with Crippen molar-refractivity contribution < 1.29 is 14.3 Å². The summed E-state index contributed by atoms with van der Waals surface area (Å²) in [5.41, 5.74) is 5.21. The number of hydrogen-bond acceptors (Lipinski definition) is 5. The van der Waals surface area contributed by atoms with E-state index in [0.29, 0.717) is 28.3 Å². The molecule has 1 aromatic heterocycles. The standard InChI is InChI=1S/C31H36N2O3S/c1-18-4-7-24-25(15-32)28(37-26(24)8-18)33-27(34)16-36-29(35)31-13-21-10-22(14-31)12-30(11-21,17-31)23-6-5-19(2)20(3)9-23/h5-6,9,18,21-22H,4,7-8,10-14,16-17H2,1-3H3,(H,33,34)/t18-,21+,22+,30?,31?/m0/s1. The number of benzene rings is 1. The number of rotatable bonds is 5. The molecule has 1 aromatic carbocycles. The fourth-order valence-electron chi connectivity index (χ4n) is 8.31. The van der Waals surface area contributed by atoms with E-state index in [1.807, 2.05) is 0 Å². The molecule has 2 aromatic rings. The number of nitrogens with zero attached hydrogens (tertiary/aromatic N) is 1. The lowest BCUT2D eigenvalue weighted by Gasteiger charge is -2.61. The van der Waals surface area contributed by atoms with Gasteiger partial charge in [0.1, 0.15) is 11.1 Å². The van der Waals surface area contributed by atoms with Gasteiger partial charge in [0.25, 0.3) is 5.91 Å². The number of carbonyl (C=O) groups is 2. The maximum absolute atomic E-state index is 13.6. The normalized spacial score (nSPS) is 31.5. The molecular formula is C31H36N2O3S. The Kier molecular flexibility index (Phi) is 5.99. The van der Waals surface area contributed by atoms with Crippen molar-refractivity contribution in [3.8, 4) is 6.07 Å². The molecule has 37 heavy (non-hydrogen) atoms. The van der Waals surface area contributed by atoms with E-state index in [-0.39, 0.29) is 23.9 Å². The van der Waals surface area contributed by atoms with E-state index < -0.39 is 5.41 Å². The second-order valence-electron chi connectivity index (χ2n) is 12.6. The molecule has 0 radical (unpaired) electrons. The molecule has 4 fully saturated rings. The number of carbonyl (C=O) groups excluding carboxylic acids is 2. The average molecular weight is 517 g/mol. The highest BCUT2D eigenvalue weighted by Crippen LogP contribution is 2.66. The van der Waals surface area contributed by atoms with Gasteiger partial charge in [0.2, 0.25) is 0 Å². The Bertz CT molecular complexity index is 1300. The van der Waals surface area contributed by atoms with Crippen molar-refractivity contribution in [3.63, 3.8) is 0 Å². The van der Waals surface area contributed by atoms with Gasteiger partial charge in [0.15, 0.2) is 6.61 Å². The van der Waals surface area contributed by atoms with Gasteiger partial charge in [-0.05, 0) is 117 Å².